The van der Waals surface area contributed by atoms with E-state index in [9.17, 15) is 34.4 Å². The van der Waals surface area contributed by atoms with Crippen LogP contribution in [0.1, 0.15) is 195 Å². The van der Waals surface area contributed by atoms with Crippen LogP contribution in [0.2, 0.25) is 0 Å². The van der Waals surface area contributed by atoms with Gasteiger partial charge in [-0.3, -0.25) is 18.6 Å². The zero-order valence-electron chi connectivity index (χ0n) is 34.3. The molecule has 2 unspecified atom stereocenters. The van der Waals surface area contributed by atoms with E-state index in [4.69, 9.17) is 25.0 Å². The van der Waals surface area contributed by atoms with E-state index in [0.29, 0.717) is 12.8 Å². The molecule has 0 aliphatic carbocycles. The first-order valence-corrected chi connectivity index (χ1v) is 22.6. The normalized spacial score (nSPS) is 15.9. The van der Waals surface area contributed by atoms with Gasteiger partial charge in [-0.1, -0.05) is 168 Å². The van der Waals surface area contributed by atoms with Crippen molar-refractivity contribution in [3.05, 3.63) is 0 Å². The minimum absolute atomic E-state index is 0.0407. The van der Waals surface area contributed by atoms with Crippen LogP contribution in [0.4, 0.5) is 0 Å². The summed E-state index contributed by atoms with van der Waals surface area (Å²) >= 11 is 0. The molecular formula is C40H79O12P. The molecule has 0 heterocycles. The maximum absolute atomic E-state index is 12.7. The van der Waals surface area contributed by atoms with Gasteiger partial charge in [-0.05, 0) is 12.8 Å². The van der Waals surface area contributed by atoms with Crippen molar-refractivity contribution in [2.75, 3.05) is 26.4 Å². The van der Waals surface area contributed by atoms with Crippen molar-refractivity contribution in [1.82, 2.24) is 0 Å². The lowest BCUT2D eigenvalue weighted by molar-refractivity contribution is -0.161. The summed E-state index contributed by atoms with van der Waals surface area (Å²) in [4.78, 5) is 35.5. The fourth-order valence-electron chi connectivity index (χ4n) is 6.04. The topological polar surface area (TPSA) is 189 Å². The van der Waals surface area contributed by atoms with Crippen molar-refractivity contribution >= 4 is 19.8 Å². The summed E-state index contributed by atoms with van der Waals surface area (Å²) in [5.41, 5.74) is 0. The van der Waals surface area contributed by atoms with Crippen LogP contribution in [0.25, 0.3) is 0 Å². The summed E-state index contributed by atoms with van der Waals surface area (Å²) in [5, 5.41) is 38.1. The molecule has 0 saturated carbocycles. The highest BCUT2D eigenvalue weighted by Gasteiger charge is 2.35. The number of phosphoric ester groups is 1. The molecule has 0 aromatic heterocycles. The Hall–Kier alpha value is -1.11. The van der Waals surface area contributed by atoms with E-state index in [1.807, 2.05) is 0 Å². The Labute approximate surface area is 323 Å². The Bertz CT molecular complexity index is 929. The molecular weight excluding hydrogens is 703 g/mol. The molecule has 0 aromatic carbocycles. The molecule has 0 radical (unpaired) electrons. The molecule has 316 valence electrons. The number of hydrogen-bond donors (Lipinski definition) is 5. The van der Waals surface area contributed by atoms with Crippen molar-refractivity contribution in [2.45, 2.75) is 218 Å². The van der Waals surface area contributed by atoms with Crippen molar-refractivity contribution < 1.29 is 59.4 Å². The third kappa shape index (κ3) is 32.8. The van der Waals surface area contributed by atoms with Crippen LogP contribution in [-0.4, -0.2) is 88.1 Å². The van der Waals surface area contributed by atoms with Gasteiger partial charge in [-0.25, -0.2) is 4.57 Å². The lowest BCUT2D eigenvalue weighted by Gasteiger charge is -2.26. The zero-order chi connectivity index (χ0) is 40.3. The highest BCUT2D eigenvalue weighted by Crippen LogP contribution is 2.45. The van der Waals surface area contributed by atoms with E-state index in [0.717, 1.165) is 44.9 Å². The number of ether oxygens (including phenoxy) is 2. The van der Waals surface area contributed by atoms with Crippen molar-refractivity contribution in [1.29, 1.82) is 0 Å². The van der Waals surface area contributed by atoms with Crippen LogP contribution < -0.4 is 0 Å². The van der Waals surface area contributed by atoms with Gasteiger partial charge in [0.05, 0.1) is 21.2 Å². The van der Waals surface area contributed by atoms with Gasteiger partial charge in [-0.2, -0.15) is 0 Å². The number of carbonyl (C=O) groups excluding carboxylic acids is 2. The molecule has 13 heteroatoms. The third-order valence-corrected chi connectivity index (χ3v) is 10.4. The van der Waals surface area contributed by atoms with E-state index >= 15 is 0 Å². The smallest absolute Gasteiger partial charge is 0.462 e. The van der Waals surface area contributed by atoms with Crippen LogP contribution in [0.5, 0.6) is 0 Å². The molecule has 0 rings (SSSR count). The molecule has 0 fully saturated rings. The van der Waals surface area contributed by atoms with Gasteiger partial charge in [0, 0.05) is 12.8 Å². The second-order valence-electron chi connectivity index (χ2n) is 14.5. The van der Waals surface area contributed by atoms with E-state index in [-0.39, 0.29) is 12.8 Å². The Morgan fingerprint density at radius 2 is 0.981 bits per heavy atom. The molecule has 53 heavy (non-hydrogen) atoms. The Kier molecular flexibility index (Phi) is 34.4. The first kappa shape index (κ1) is 49.9. The first-order valence-electron chi connectivity index (χ1n) is 21.6. The van der Waals surface area contributed by atoms with Crippen LogP contribution in [0.15, 0.2) is 0 Å². The van der Waals surface area contributed by atoms with Gasteiger partial charge < -0.3 is 34.8 Å². The van der Waals surface area contributed by atoms with Crippen LogP contribution in [-0.2, 0) is 32.7 Å². The average molecular weight is 784 g/mol. The van der Waals surface area contributed by atoms with Gasteiger partial charge in [0.15, 0.2) is 6.10 Å². The Morgan fingerprint density at radius 1 is 0.604 bits per heavy atom. The third-order valence-electron chi connectivity index (χ3n) is 9.42. The predicted molar refractivity (Wildman–Crippen MR) is 208 cm³/mol. The number of phosphoric acid groups is 1. The molecule has 5 N–H and O–H groups in total. The van der Waals surface area contributed by atoms with Crippen molar-refractivity contribution in [3.63, 3.8) is 0 Å². The quantitative estimate of drug-likeness (QED) is 0.0226. The van der Waals surface area contributed by atoms with Crippen molar-refractivity contribution in [2.24, 2.45) is 0 Å². The van der Waals surface area contributed by atoms with Crippen LogP contribution >= 0.6 is 7.82 Å². The largest absolute Gasteiger partial charge is 0.472 e. The molecule has 0 aliphatic heterocycles. The fraction of sp³-hybridized carbons (Fsp3) is 0.950. The Balaban J connectivity index is 4.77. The summed E-state index contributed by atoms with van der Waals surface area (Å²) in [6, 6.07) is 0. The highest BCUT2D eigenvalue weighted by atomic mass is 31.2. The number of unbranched alkanes of at least 4 members (excludes halogenated alkanes) is 24. The van der Waals surface area contributed by atoms with Crippen molar-refractivity contribution in [3.8, 4) is 0 Å². The van der Waals surface area contributed by atoms with E-state index in [2.05, 4.69) is 13.8 Å². The molecule has 0 spiro atoms. The van der Waals surface area contributed by atoms with Gasteiger partial charge in [0.25, 0.3) is 0 Å². The van der Waals surface area contributed by atoms with E-state index in [1.54, 1.807) is 0 Å². The maximum Gasteiger partial charge on any atom is 0.472 e. The van der Waals surface area contributed by atoms with Gasteiger partial charge >= 0.3 is 19.8 Å². The number of aliphatic hydroxyl groups is 4. The van der Waals surface area contributed by atoms with E-state index in [1.165, 1.54) is 109 Å². The van der Waals surface area contributed by atoms with Crippen LogP contribution in [0, 0.1) is 0 Å². The van der Waals surface area contributed by atoms with Gasteiger partial charge in [0.1, 0.15) is 24.9 Å². The monoisotopic (exact) mass is 784 g/mol. The minimum atomic E-state index is -5.06. The summed E-state index contributed by atoms with van der Waals surface area (Å²) in [6.45, 7) is -0.0819. The molecule has 0 saturated heterocycles. The molecule has 0 aromatic rings. The summed E-state index contributed by atoms with van der Waals surface area (Å²) in [6.07, 6.45) is 22.8. The van der Waals surface area contributed by atoms with E-state index < -0.39 is 70.6 Å². The molecule has 0 bridgehead atoms. The second-order valence-corrected chi connectivity index (χ2v) is 15.9. The maximum atomic E-state index is 12.7. The fourth-order valence-corrected chi connectivity index (χ4v) is 6.97. The molecule has 0 aliphatic rings. The summed E-state index contributed by atoms with van der Waals surface area (Å²) in [7, 11) is -5.06. The predicted octanol–water partition coefficient (Wildman–Crippen LogP) is 8.61. The SMILES string of the molecule is [2H]C(OC(=O)CCCCCCCCCCCCCCC)[C@H](COP(=O)(O)O[C@H](CO)[C@@H](O)[C@H](O)CO)OC(=O)CCCCCCCCCCCCCCC. The number of hydrogen-bond acceptors (Lipinski definition) is 11. The number of carbonyl (C=O) groups is 2. The number of rotatable bonds is 40. The standard InChI is InChI=1S/C40H79O12P/c1-3-5-7-9-11-13-15-17-19-21-23-25-27-29-38(44)49-33-35(34-50-53(47,48)52-37(32-42)40(46)36(43)31-41)51-39(45)30-28-26-24-22-20-18-16-14-12-10-8-6-4-2/h35-37,40-43,46H,3-34H2,1-2H3,(H,47,48)/t35-,36-,37-,40+/m1/s1/i33D/t33?,35-,36-,37-,40+. The molecule has 12 nitrogen and oxygen atoms in total. The summed E-state index contributed by atoms with van der Waals surface area (Å²) < 4.78 is 41.3. The number of aliphatic hydroxyl groups excluding tert-OH is 4. The zero-order valence-corrected chi connectivity index (χ0v) is 34.2. The van der Waals surface area contributed by atoms with Gasteiger partial charge in [0.2, 0.25) is 0 Å². The lowest BCUT2D eigenvalue weighted by Crippen LogP contribution is -2.42. The highest BCUT2D eigenvalue weighted by molar-refractivity contribution is 7.47. The van der Waals surface area contributed by atoms with Gasteiger partial charge in [-0.15, -0.1) is 0 Å². The average Bonchev–Trinajstić information content (AvgIpc) is 3.15. The first-order chi connectivity index (χ1) is 26.0. The second kappa shape index (κ2) is 36.5. The number of esters is 2. The molecule has 0 amide bonds. The minimum Gasteiger partial charge on any atom is -0.462 e. The lowest BCUT2D eigenvalue weighted by atomic mass is 10.0. The molecule has 6 atom stereocenters. The van der Waals surface area contributed by atoms with Crippen LogP contribution in [0.3, 0.4) is 0 Å². The summed E-state index contributed by atoms with van der Waals surface area (Å²) in [5.74, 6) is -1.35. The Morgan fingerprint density at radius 3 is 1.36 bits per heavy atom.